The van der Waals surface area contributed by atoms with Crippen molar-refractivity contribution in [2.45, 2.75) is 45.7 Å². The average Bonchev–Trinajstić information content (AvgIpc) is 2.85. The fourth-order valence-corrected chi connectivity index (χ4v) is 1.18. The summed E-state index contributed by atoms with van der Waals surface area (Å²) in [4.78, 5) is 21.6. The van der Waals surface area contributed by atoms with Gasteiger partial charge < -0.3 is 20.9 Å². The van der Waals surface area contributed by atoms with Gasteiger partial charge >= 0.3 is 5.97 Å². The maximum Gasteiger partial charge on any atom is 0.325 e. The summed E-state index contributed by atoms with van der Waals surface area (Å²) in [6.07, 6.45) is 2.56. The zero-order valence-electron chi connectivity index (χ0n) is 11.3. The highest BCUT2D eigenvalue weighted by molar-refractivity contribution is 5.86. The van der Waals surface area contributed by atoms with E-state index in [0.717, 1.165) is 13.2 Å². The molecule has 1 fully saturated rings. The molecule has 0 aliphatic carbocycles. The van der Waals surface area contributed by atoms with Crippen LogP contribution >= 0.6 is 0 Å². The first-order chi connectivity index (χ1) is 8.36. The number of hydrogen-bond acceptors (Lipinski definition) is 4. The number of hydrogen-bond donors (Lipinski definition) is 3. The van der Waals surface area contributed by atoms with E-state index >= 15 is 0 Å². The van der Waals surface area contributed by atoms with Crippen LogP contribution in [0.2, 0.25) is 0 Å². The van der Waals surface area contributed by atoms with E-state index < -0.39 is 24.0 Å². The quantitative estimate of drug-likeness (QED) is 0.677. The molecule has 18 heavy (non-hydrogen) atoms. The maximum absolute atomic E-state index is 11.2. The van der Waals surface area contributed by atoms with Crippen LogP contribution in [0, 0.1) is 5.92 Å². The zero-order valence-corrected chi connectivity index (χ0v) is 11.3. The number of ether oxygens (including phenoxy) is 1. The third kappa shape index (κ3) is 7.24. The van der Waals surface area contributed by atoms with E-state index in [-0.39, 0.29) is 5.92 Å². The van der Waals surface area contributed by atoms with Crippen molar-refractivity contribution < 1.29 is 19.4 Å². The summed E-state index contributed by atoms with van der Waals surface area (Å²) in [5, 5.41) is 10.8. The van der Waals surface area contributed by atoms with E-state index in [1.54, 1.807) is 13.8 Å². The van der Waals surface area contributed by atoms with Crippen LogP contribution < -0.4 is 11.1 Å². The van der Waals surface area contributed by atoms with Gasteiger partial charge in [-0.2, -0.15) is 0 Å². The summed E-state index contributed by atoms with van der Waals surface area (Å²) in [7, 11) is 0. The normalized spacial score (nSPS) is 17.6. The minimum atomic E-state index is -1.07. The molecule has 0 aromatic rings. The number of carboxylic acids is 1. The van der Waals surface area contributed by atoms with Gasteiger partial charge in [0.2, 0.25) is 5.91 Å². The lowest BCUT2D eigenvalue weighted by Gasteiger charge is -2.17. The van der Waals surface area contributed by atoms with E-state index in [1.165, 1.54) is 19.8 Å². The second-order valence-electron chi connectivity index (χ2n) is 4.66. The predicted octanol–water partition coefficient (Wildman–Crippen LogP) is 0.356. The molecule has 0 spiro atoms. The van der Waals surface area contributed by atoms with Crippen LogP contribution in [0.3, 0.4) is 0 Å². The van der Waals surface area contributed by atoms with Crippen LogP contribution in [0.4, 0.5) is 0 Å². The molecule has 0 saturated carbocycles. The summed E-state index contributed by atoms with van der Waals surface area (Å²) in [5.74, 6) is -1.49. The molecule has 0 radical (unpaired) electrons. The first-order valence-corrected chi connectivity index (χ1v) is 6.22. The van der Waals surface area contributed by atoms with Crippen molar-refractivity contribution in [1.29, 1.82) is 0 Å². The highest BCUT2D eigenvalue weighted by atomic mass is 16.5. The molecule has 4 N–H and O–H groups in total. The molecule has 0 aromatic carbocycles. The summed E-state index contributed by atoms with van der Waals surface area (Å²) in [6.45, 7) is 7.00. The molecule has 106 valence electrons. The van der Waals surface area contributed by atoms with E-state index in [0.29, 0.717) is 0 Å². The molecule has 2 atom stereocenters. The van der Waals surface area contributed by atoms with Gasteiger partial charge in [0.15, 0.2) is 0 Å². The van der Waals surface area contributed by atoms with Gasteiger partial charge in [0.1, 0.15) is 6.04 Å². The Morgan fingerprint density at radius 3 is 2.00 bits per heavy atom. The number of rotatable bonds is 4. The lowest BCUT2D eigenvalue weighted by atomic mass is 10.0. The number of aliphatic carboxylic acids is 1. The molecule has 0 aromatic heterocycles. The van der Waals surface area contributed by atoms with Gasteiger partial charge in [-0.1, -0.05) is 13.8 Å². The molecular formula is C12H24N2O4. The predicted molar refractivity (Wildman–Crippen MR) is 68.1 cm³/mol. The number of nitrogens with one attached hydrogen (secondary N) is 1. The van der Waals surface area contributed by atoms with Crippen molar-refractivity contribution in [1.82, 2.24) is 5.32 Å². The van der Waals surface area contributed by atoms with Crippen molar-refractivity contribution in [3.05, 3.63) is 0 Å². The first kappa shape index (κ1) is 16.9. The van der Waals surface area contributed by atoms with Crippen molar-refractivity contribution in [3.63, 3.8) is 0 Å². The van der Waals surface area contributed by atoms with Crippen molar-refractivity contribution >= 4 is 11.9 Å². The average molecular weight is 260 g/mol. The number of carboxylic acid groups (broad SMARTS) is 1. The van der Waals surface area contributed by atoms with Gasteiger partial charge in [0.25, 0.3) is 0 Å². The highest BCUT2D eigenvalue weighted by Crippen LogP contribution is 1.99. The second-order valence-corrected chi connectivity index (χ2v) is 4.66. The first-order valence-electron chi connectivity index (χ1n) is 6.22. The van der Waals surface area contributed by atoms with E-state index in [1.807, 2.05) is 0 Å². The summed E-state index contributed by atoms with van der Waals surface area (Å²) >= 11 is 0. The SMILES string of the molecule is C1CCOC1.CC(NC(=O)C(N)C(C)C)C(=O)O. The van der Waals surface area contributed by atoms with Crippen LogP contribution in [0.5, 0.6) is 0 Å². The molecule has 1 saturated heterocycles. The lowest BCUT2D eigenvalue weighted by molar-refractivity contribution is -0.141. The molecule has 0 bridgehead atoms. The fourth-order valence-electron chi connectivity index (χ4n) is 1.18. The molecule has 1 aliphatic rings. The van der Waals surface area contributed by atoms with Crippen molar-refractivity contribution in [2.24, 2.45) is 11.7 Å². The van der Waals surface area contributed by atoms with Crippen LogP contribution in [-0.2, 0) is 14.3 Å². The lowest BCUT2D eigenvalue weighted by Crippen LogP contribution is -2.49. The third-order valence-electron chi connectivity index (χ3n) is 2.58. The van der Waals surface area contributed by atoms with Crippen LogP contribution in [0.15, 0.2) is 0 Å². The van der Waals surface area contributed by atoms with Crippen LogP contribution in [-0.4, -0.2) is 42.3 Å². The molecule has 2 unspecified atom stereocenters. The Kier molecular flexibility index (Phi) is 8.32. The second kappa shape index (κ2) is 8.88. The highest BCUT2D eigenvalue weighted by Gasteiger charge is 2.21. The van der Waals surface area contributed by atoms with Gasteiger partial charge in [-0.3, -0.25) is 9.59 Å². The van der Waals surface area contributed by atoms with E-state index in [2.05, 4.69) is 5.32 Å². The van der Waals surface area contributed by atoms with Gasteiger partial charge in [0, 0.05) is 13.2 Å². The minimum absolute atomic E-state index is 0.000921. The summed E-state index contributed by atoms with van der Waals surface area (Å²) in [6, 6.07) is -1.54. The van der Waals surface area contributed by atoms with Crippen molar-refractivity contribution in [2.75, 3.05) is 13.2 Å². The Morgan fingerprint density at radius 1 is 1.22 bits per heavy atom. The van der Waals surface area contributed by atoms with Gasteiger partial charge in [-0.15, -0.1) is 0 Å². The number of nitrogens with two attached hydrogens (primary N) is 1. The standard InChI is InChI=1S/C8H16N2O3.C4H8O/c1-4(2)6(9)7(11)10-5(3)8(12)13;1-2-4-5-3-1/h4-6H,9H2,1-3H3,(H,10,11)(H,12,13);1-4H2. The van der Waals surface area contributed by atoms with Crippen molar-refractivity contribution in [3.8, 4) is 0 Å². The van der Waals surface area contributed by atoms with E-state index in [9.17, 15) is 9.59 Å². The summed E-state index contributed by atoms with van der Waals surface area (Å²) in [5.41, 5.74) is 5.50. The smallest absolute Gasteiger partial charge is 0.325 e. The fraction of sp³-hybridized carbons (Fsp3) is 0.833. The monoisotopic (exact) mass is 260 g/mol. The van der Waals surface area contributed by atoms with Crippen LogP contribution in [0.25, 0.3) is 0 Å². The zero-order chi connectivity index (χ0) is 14.1. The largest absolute Gasteiger partial charge is 0.480 e. The molecule has 1 heterocycles. The Bertz CT molecular complexity index is 257. The summed E-state index contributed by atoms with van der Waals surface area (Å²) < 4.78 is 4.94. The Hall–Kier alpha value is -1.14. The number of carbonyl (C=O) groups excluding carboxylic acids is 1. The third-order valence-corrected chi connectivity index (χ3v) is 2.58. The number of amides is 1. The van der Waals surface area contributed by atoms with Gasteiger partial charge in [0.05, 0.1) is 6.04 Å². The molecule has 1 rings (SSSR count). The molecule has 6 heteroatoms. The molecular weight excluding hydrogens is 236 g/mol. The molecule has 6 nitrogen and oxygen atoms in total. The van der Waals surface area contributed by atoms with Gasteiger partial charge in [-0.25, -0.2) is 0 Å². The van der Waals surface area contributed by atoms with E-state index in [4.69, 9.17) is 15.6 Å². The number of carbonyl (C=O) groups is 2. The van der Waals surface area contributed by atoms with Gasteiger partial charge in [-0.05, 0) is 25.7 Å². The Balaban J connectivity index is 0.000000473. The Labute approximate surface area is 108 Å². The topological polar surface area (TPSA) is 102 Å². The van der Waals surface area contributed by atoms with Crippen LogP contribution in [0.1, 0.15) is 33.6 Å². The molecule has 1 amide bonds. The Morgan fingerprint density at radius 2 is 1.72 bits per heavy atom. The minimum Gasteiger partial charge on any atom is -0.480 e. The maximum atomic E-state index is 11.2. The molecule has 1 aliphatic heterocycles.